The Hall–Kier alpha value is -2.50. The molecule has 0 fully saturated rings. The van der Waals surface area contributed by atoms with E-state index >= 15 is 0 Å². The van der Waals surface area contributed by atoms with Gasteiger partial charge in [0.05, 0.1) is 6.54 Å². The zero-order valence-electron chi connectivity index (χ0n) is 20.8. The molecule has 0 saturated heterocycles. The molecule has 0 aliphatic rings. The van der Waals surface area contributed by atoms with Crippen molar-refractivity contribution in [2.24, 2.45) is 0 Å². The molecule has 0 aliphatic heterocycles. The van der Waals surface area contributed by atoms with E-state index in [1.807, 2.05) is 10.9 Å². The Kier molecular flexibility index (Phi) is 10.6. The molecule has 1 heterocycles. The Morgan fingerprint density at radius 2 is 1.48 bits per heavy atom. The van der Waals surface area contributed by atoms with E-state index in [2.05, 4.69) is 79.5 Å². The monoisotopic (exact) mass is 447 g/mol. The standard InChI is InChI=1S/C28H41N5/c1-4-6-19-32(20-7-5-2)21-11-18-29-22-27-28(26-12-9-8-10-13-26)31-33(30-27)23-25-16-14-24(3)15-17-25/h8-10,12-17,29H,4-7,11,18-23H2,1-3H3. The predicted octanol–water partition coefficient (Wildman–Crippen LogP) is 5.68. The Balaban J connectivity index is 1.58. The number of unbranched alkanes of at least 4 members (excludes halogenated alkanes) is 2. The van der Waals surface area contributed by atoms with Crippen molar-refractivity contribution in [3.05, 3.63) is 71.4 Å². The highest BCUT2D eigenvalue weighted by Crippen LogP contribution is 2.20. The third-order valence-electron chi connectivity index (χ3n) is 5.99. The van der Waals surface area contributed by atoms with Crippen LogP contribution >= 0.6 is 0 Å². The van der Waals surface area contributed by atoms with Gasteiger partial charge in [0.15, 0.2) is 0 Å². The van der Waals surface area contributed by atoms with Crippen LogP contribution in [0.15, 0.2) is 54.6 Å². The van der Waals surface area contributed by atoms with Crippen LogP contribution in [0.25, 0.3) is 11.3 Å². The first-order valence-corrected chi connectivity index (χ1v) is 12.7. The van der Waals surface area contributed by atoms with Gasteiger partial charge in [-0.05, 0) is 57.9 Å². The molecule has 2 aromatic carbocycles. The predicted molar refractivity (Wildman–Crippen MR) is 138 cm³/mol. The normalized spacial score (nSPS) is 11.4. The average Bonchev–Trinajstić information content (AvgIpc) is 3.24. The minimum absolute atomic E-state index is 0.684. The molecule has 1 aromatic heterocycles. The molecule has 0 spiro atoms. The number of rotatable bonds is 15. The Labute approximate surface area is 200 Å². The Bertz CT molecular complexity index is 909. The molecule has 5 nitrogen and oxygen atoms in total. The Morgan fingerprint density at radius 3 is 2.15 bits per heavy atom. The summed E-state index contributed by atoms with van der Waals surface area (Å²) in [7, 11) is 0. The summed E-state index contributed by atoms with van der Waals surface area (Å²) >= 11 is 0. The van der Waals surface area contributed by atoms with Crippen LogP contribution in [-0.2, 0) is 13.1 Å². The van der Waals surface area contributed by atoms with Crippen LogP contribution in [-0.4, -0.2) is 46.1 Å². The molecule has 0 amide bonds. The first-order valence-electron chi connectivity index (χ1n) is 12.7. The first-order chi connectivity index (χ1) is 16.2. The molecule has 33 heavy (non-hydrogen) atoms. The summed E-state index contributed by atoms with van der Waals surface area (Å²) in [4.78, 5) is 4.46. The van der Waals surface area contributed by atoms with Crippen molar-refractivity contribution >= 4 is 0 Å². The summed E-state index contributed by atoms with van der Waals surface area (Å²) < 4.78 is 0. The number of aryl methyl sites for hydroxylation is 1. The molecule has 0 saturated carbocycles. The molecule has 178 valence electrons. The summed E-state index contributed by atoms with van der Waals surface area (Å²) in [5.74, 6) is 0. The van der Waals surface area contributed by atoms with Crippen molar-refractivity contribution in [2.75, 3.05) is 26.2 Å². The third kappa shape index (κ3) is 8.41. The van der Waals surface area contributed by atoms with Gasteiger partial charge in [0.25, 0.3) is 0 Å². The lowest BCUT2D eigenvalue weighted by molar-refractivity contribution is 0.261. The fraction of sp³-hybridized carbons (Fsp3) is 0.500. The molecule has 3 rings (SSSR count). The van der Waals surface area contributed by atoms with Crippen LogP contribution in [0.3, 0.4) is 0 Å². The Morgan fingerprint density at radius 1 is 0.818 bits per heavy atom. The molecule has 1 N–H and O–H groups in total. The lowest BCUT2D eigenvalue weighted by atomic mass is 10.1. The molecule has 0 atom stereocenters. The molecular weight excluding hydrogens is 406 g/mol. The van der Waals surface area contributed by atoms with Gasteiger partial charge >= 0.3 is 0 Å². The zero-order valence-corrected chi connectivity index (χ0v) is 20.8. The second-order valence-electron chi connectivity index (χ2n) is 8.96. The minimum Gasteiger partial charge on any atom is -0.311 e. The van der Waals surface area contributed by atoms with Gasteiger partial charge in [-0.25, -0.2) is 0 Å². The van der Waals surface area contributed by atoms with Crippen LogP contribution in [0.5, 0.6) is 0 Å². The van der Waals surface area contributed by atoms with Crippen LogP contribution in [0.1, 0.15) is 62.8 Å². The minimum atomic E-state index is 0.684. The van der Waals surface area contributed by atoms with E-state index < -0.39 is 0 Å². The van der Waals surface area contributed by atoms with Crippen molar-refractivity contribution < 1.29 is 0 Å². The van der Waals surface area contributed by atoms with E-state index in [0.717, 1.165) is 36.5 Å². The van der Waals surface area contributed by atoms with E-state index in [9.17, 15) is 0 Å². The summed E-state index contributed by atoms with van der Waals surface area (Å²) in [5, 5.41) is 13.3. The van der Waals surface area contributed by atoms with Gasteiger partial charge in [-0.1, -0.05) is 86.8 Å². The molecule has 0 radical (unpaired) electrons. The molecule has 0 aliphatic carbocycles. The van der Waals surface area contributed by atoms with Gasteiger partial charge in [0.1, 0.15) is 11.4 Å². The van der Waals surface area contributed by atoms with Gasteiger partial charge in [-0.3, -0.25) is 0 Å². The van der Waals surface area contributed by atoms with Gasteiger partial charge in [-0.15, -0.1) is 0 Å². The number of hydrogen-bond donors (Lipinski definition) is 1. The second-order valence-corrected chi connectivity index (χ2v) is 8.96. The van der Waals surface area contributed by atoms with E-state index in [4.69, 9.17) is 10.2 Å². The number of nitrogens with one attached hydrogen (secondary N) is 1. The van der Waals surface area contributed by atoms with E-state index in [1.165, 1.54) is 56.4 Å². The third-order valence-corrected chi connectivity index (χ3v) is 5.99. The maximum Gasteiger partial charge on any atom is 0.117 e. The fourth-order valence-corrected chi connectivity index (χ4v) is 3.98. The fourth-order valence-electron chi connectivity index (χ4n) is 3.98. The van der Waals surface area contributed by atoms with Gasteiger partial charge in [0.2, 0.25) is 0 Å². The van der Waals surface area contributed by atoms with Gasteiger partial charge in [0, 0.05) is 12.1 Å². The molecular formula is C28H41N5. The molecule has 0 unspecified atom stereocenters. The van der Waals surface area contributed by atoms with Crippen LogP contribution in [0.2, 0.25) is 0 Å². The maximum atomic E-state index is 4.85. The number of nitrogens with zero attached hydrogens (tertiary/aromatic N) is 4. The number of benzene rings is 2. The van der Waals surface area contributed by atoms with E-state index in [-0.39, 0.29) is 0 Å². The quantitative estimate of drug-likeness (QED) is 0.304. The lowest BCUT2D eigenvalue weighted by Crippen LogP contribution is -2.29. The van der Waals surface area contributed by atoms with Crippen molar-refractivity contribution in [2.45, 2.75) is 66.0 Å². The highest BCUT2D eigenvalue weighted by Gasteiger charge is 2.13. The summed E-state index contributed by atoms with van der Waals surface area (Å²) in [6, 6.07) is 19.0. The van der Waals surface area contributed by atoms with Crippen LogP contribution in [0, 0.1) is 6.92 Å². The van der Waals surface area contributed by atoms with E-state index in [0.29, 0.717) is 6.54 Å². The number of hydrogen-bond acceptors (Lipinski definition) is 4. The van der Waals surface area contributed by atoms with Gasteiger partial charge in [-0.2, -0.15) is 15.0 Å². The molecule has 5 heteroatoms. The largest absolute Gasteiger partial charge is 0.311 e. The van der Waals surface area contributed by atoms with Crippen LogP contribution < -0.4 is 5.32 Å². The summed E-state index contributed by atoms with van der Waals surface area (Å²) in [6.45, 7) is 12.7. The highest BCUT2D eigenvalue weighted by molar-refractivity contribution is 5.60. The van der Waals surface area contributed by atoms with Gasteiger partial charge < -0.3 is 10.2 Å². The summed E-state index contributed by atoms with van der Waals surface area (Å²) in [5.41, 5.74) is 5.60. The number of aromatic nitrogens is 3. The SMILES string of the molecule is CCCCN(CCCC)CCCNCc1nn(Cc2ccc(C)cc2)nc1-c1ccccc1. The second kappa shape index (κ2) is 13.9. The summed E-state index contributed by atoms with van der Waals surface area (Å²) in [6.07, 6.45) is 6.28. The highest BCUT2D eigenvalue weighted by atomic mass is 15.5. The van der Waals surface area contributed by atoms with Crippen molar-refractivity contribution in [1.29, 1.82) is 0 Å². The van der Waals surface area contributed by atoms with E-state index in [1.54, 1.807) is 0 Å². The molecule has 0 bridgehead atoms. The maximum absolute atomic E-state index is 4.85. The average molecular weight is 448 g/mol. The zero-order chi connectivity index (χ0) is 23.3. The van der Waals surface area contributed by atoms with Crippen molar-refractivity contribution in [3.8, 4) is 11.3 Å². The van der Waals surface area contributed by atoms with Crippen molar-refractivity contribution in [1.82, 2.24) is 25.2 Å². The smallest absolute Gasteiger partial charge is 0.117 e. The molecule has 3 aromatic rings. The first kappa shape index (κ1) is 25.1. The lowest BCUT2D eigenvalue weighted by Gasteiger charge is -2.21. The van der Waals surface area contributed by atoms with Crippen LogP contribution in [0.4, 0.5) is 0 Å². The topological polar surface area (TPSA) is 46.0 Å². The van der Waals surface area contributed by atoms with Crippen molar-refractivity contribution in [3.63, 3.8) is 0 Å².